The minimum Gasteiger partial charge on any atom is -0.309 e. The van der Waals surface area contributed by atoms with Gasteiger partial charge in [0.25, 0.3) is 0 Å². The Kier molecular flexibility index (Phi) is 15.8. The molecular weight excluding hydrogens is 1380 g/mol. The van der Waals surface area contributed by atoms with Crippen molar-refractivity contribution in [1.29, 1.82) is 0 Å². The molecule has 0 fully saturated rings. The average molecular weight is 1440 g/mol. The number of thiophene rings is 3. The highest BCUT2D eigenvalue weighted by Crippen LogP contribution is 2.51. The summed E-state index contributed by atoms with van der Waals surface area (Å²) in [6, 6.07) is 146. The summed E-state index contributed by atoms with van der Waals surface area (Å²) >= 11 is 5.61. The molecule has 22 rings (SSSR count). The number of hydrogen-bond acceptors (Lipinski definition) is 5. The summed E-state index contributed by atoms with van der Waals surface area (Å²) in [4.78, 5) is 4.95. The maximum Gasteiger partial charge on any atom is 0.0640 e. The summed E-state index contributed by atoms with van der Waals surface area (Å²) in [5.41, 5.74) is 23.5. The molecule has 0 aliphatic heterocycles. The first-order valence-electron chi connectivity index (χ1n) is 37.0. The molecule has 7 heteroatoms. The molecule has 0 saturated carbocycles. The molecule has 0 aliphatic carbocycles. The molecule has 17 aromatic carbocycles. The Morgan fingerprint density at radius 1 is 0.183 bits per heavy atom. The smallest absolute Gasteiger partial charge is 0.0640 e. The molecule has 0 aliphatic rings. The SMILES string of the molecule is c1ccc(-c2ccc3c(c2)sc2cc(N(c4ccccc4-c4cccc(-n5c6ccccc6c6ccccc65)c4)c4cccc5c4sc4ccccc45)ccc23)cc1.c1ccc(-c2ccccc2N(c2ccc3c(c2)sc2ccccc23)c2ccccc2-c2cccc(-n3c4ccccc4c4ccccc43)c2)cc1. The number of nitrogens with zero attached hydrogens (tertiary/aromatic N) is 4. The molecule has 0 N–H and O–H groups in total. The summed E-state index contributed by atoms with van der Waals surface area (Å²) in [5.74, 6) is 0. The van der Waals surface area contributed by atoms with Gasteiger partial charge in [-0.25, -0.2) is 0 Å². The number of hydrogen-bond donors (Lipinski definition) is 0. The Labute approximate surface area is 642 Å². The second kappa shape index (κ2) is 26.9. The Hall–Kier alpha value is -13.4. The zero-order valence-corrected chi connectivity index (χ0v) is 61.6. The Balaban J connectivity index is 0.000000140. The zero-order chi connectivity index (χ0) is 71.9. The lowest BCUT2D eigenvalue weighted by Crippen LogP contribution is -2.12. The minimum atomic E-state index is 1.13. The topological polar surface area (TPSA) is 16.3 Å². The molecule has 0 saturated heterocycles. The molecule has 5 heterocycles. The van der Waals surface area contributed by atoms with Crippen LogP contribution in [0.1, 0.15) is 0 Å². The van der Waals surface area contributed by atoms with Crippen LogP contribution in [-0.2, 0) is 0 Å². The minimum absolute atomic E-state index is 1.13. The average Bonchev–Trinajstić information content (AvgIpc) is 1.61. The van der Waals surface area contributed by atoms with Crippen LogP contribution in [0.5, 0.6) is 0 Å². The predicted octanol–water partition coefficient (Wildman–Crippen LogP) is 30.3. The van der Waals surface area contributed by atoms with E-state index in [0.717, 1.165) is 45.4 Å². The molecular formula is C102H66N4S3. The first kappa shape index (κ1) is 64.0. The summed E-state index contributed by atoms with van der Waals surface area (Å²) in [6.45, 7) is 0. The number of para-hydroxylation sites is 7. The van der Waals surface area contributed by atoms with Gasteiger partial charge in [0.2, 0.25) is 0 Å². The van der Waals surface area contributed by atoms with E-state index in [1.54, 1.807) is 0 Å². The first-order valence-corrected chi connectivity index (χ1v) is 39.5. The van der Waals surface area contributed by atoms with Crippen molar-refractivity contribution in [3.63, 3.8) is 0 Å². The van der Waals surface area contributed by atoms with Crippen molar-refractivity contribution in [3.8, 4) is 55.9 Å². The Bertz CT molecular complexity index is 7170. The summed E-state index contributed by atoms with van der Waals surface area (Å²) < 4.78 is 12.5. The van der Waals surface area contributed by atoms with Crippen molar-refractivity contribution >= 4 is 172 Å². The van der Waals surface area contributed by atoms with Gasteiger partial charge < -0.3 is 18.9 Å². The molecule has 0 radical (unpaired) electrons. The molecule has 0 bridgehead atoms. The van der Waals surface area contributed by atoms with Crippen LogP contribution in [0.2, 0.25) is 0 Å². The fraction of sp³-hybridized carbons (Fsp3) is 0. The first-order chi connectivity index (χ1) is 54.1. The standard InChI is InChI=1S/C54H34N2S2.C48H32N2S/c1-2-14-35(15-3-1)36-28-30-44-45-31-29-39(34-53(45)57-52(44)33-36)56(50-26-13-22-46-43-21-7-11-27-51(43)58-54(46)50)47-23-8-4-18-40(47)37-16-12-17-38(32-37)55-48-24-9-5-19-41(48)42-20-6-10-25-49(42)55;1-2-15-33(16-3-1)37-19-4-9-24-43(37)50(36-29-30-42-41-23-8-13-28-47(41)51-48(42)32-36)44-25-10-5-20-38(44)34-17-14-18-35(31-34)49-45-26-11-6-21-39(45)40-22-7-12-27-46(40)49/h1-34H;1-32H. The molecule has 512 valence electrons. The van der Waals surface area contributed by atoms with E-state index in [1.165, 1.54) is 149 Å². The molecule has 22 aromatic rings. The maximum absolute atomic E-state index is 2.50. The van der Waals surface area contributed by atoms with E-state index in [2.05, 4.69) is 419 Å². The van der Waals surface area contributed by atoms with Gasteiger partial charge >= 0.3 is 0 Å². The number of benzene rings is 17. The van der Waals surface area contributed by atoms with Gasteiger partial charge in [0.1, 0.15) is 0 Å². The monoisotopic (exact) mass is 1440 g/mol. The highest BCUT2D eigenvalue weighted by atomic mass is 32.1. The maximum atomic E-state index is 2.50. The normalized spacial score (nSPS) is 11.7. The summed E-state index contributed by atoms with van der Waals surface area (Å²) in [6.07, 6.45) is 0. The van der Waals surface area contributed by atoms with Crippen LogP contribution < -0.4 is 9.80 Å². The quantitative estimate of drug-likeness (QED) is 0.121. The molecule has 109 heavy (non-hydrogen) atoms. The van der Waals surface area contributed by atoms with Crippen molar-refractivity contribution in [2.75, 3.05) is 9.80 Å². The zero-order valence-electron chi connectivity index (χ0n) is 59.1. The Morgan fingerprint density at radius 2 is 0.514 bits per heavy atom. The second-order valence-electron chi connectivity index (χ2n) is 27.8. The van der Waals surface area contributed by atoms with Crippen molar-refractivity contribution in [2.24, 2.45) is 0 Å². The van der Waals surface area contributed by atoms with E-state index in [-0.39, 0.29) is 0 Å². The lowest BCUT2D eigenvalue weighted by Gasteiger charge is -2.30. The molecule has 5 aromatic heterocycles. The second-order valence-corrected chi connectivity index (χ2v) is 31.0. The predicted molar refractivity (Wildman–Crippen MR) is 471 cm³/mol. The van der Waals surface area contributed by atoms with Gasteiger partial charge in [0.15, 0.2) is 0 Å². The molecule has 0 unspecified atom stereocenters. The van der Waals surface area contributed by atoms with Gasteiger partial charge in [-0.2, -0.15) is 0 Å². The van der Waals surface area contributed by atoms with Gasteiger partial charge in [0, 0.05) is 117 Å². The van der Waals surface area contributed by atoms with Crippen LogP contribution in [0.25, 0.3) is 160 Å². The van der Waals surface area contributed by atoms with Gasteiger partial charge in [-0.05, 0) is 143 Å². The van der Waals surface area contributed by atoms with Gasteiger partial charge in [-0.1, -0.05) is 285 Å². The van der Waals surface area contributed by atoms with Crippen molar-refractivity contribution in [3.05, 3.63) is 400 Å². The van der Waals surface area contributed by atoms with E-state index in [0.29, 0.717) is 0 Å². The highest BCUT2D eigenvalue weighted by Gasteiger charge is 2.26. The van der Waals surface area contributed by atoms with Crippen LogP contribution in [0.3, 0.4) is 0 Å². The van der Waals surface area contributed by atoms with Crippen LogP contribution in [0.15, 0.2) is 400 Å². The molecule has 4 nitrogen and oxygen atoms in total. The fourth-order valence-corrected chi connectivity index (χ4v) is 20.2. The fourth-order valence-electron chi connectivity index (χ4n) is 16.7. The van der Waals surface area contributed by atoms with Crippen LogP contribution in [0.4, 0.5) is 34.1 Å². The van der Waals surface area contributed by atoms with Gasteiger partial charge in [-0.3, -0.25) is 0 Å². The van der Waals surface area contributed by atoms with Crippen molar-refractivity contribution in [2.45, 2.75) is 0 Å². The van der Waals surface area contributed by atoms with E-state index in [1.807, 2.05) is 34.0 Å². The van der Waals surface area contributed by atoms with Crippen LogP contribution >= 0.6 is 34.0 Å². The lowest BCUT2D eigenvalue weighted by molar-refractivity contribution is 1.18. The third-order valence-corrected chi connectivity index (χ3v) is 25.0. The van der Waals surface area contributed by atoms with E-state index < -0.39 is 0 Å². The van der Waals surface area contributed by atoms with Gasteiger partial charge in [0.05, 0.1) is 49.5 Å². The summed E-state index contributed by atoms with van der Waals surface area (Å²) in [5, 5.41) is 12.8. The van der Waals surface area contributed by atoms with Crippen molar-refractivity contribution in [1.82, 2.24) is 9.13 Å². The highest BCUT2D eigenvalue weighted by molar-refractivity contribution is 7.27. The lowest BCUT2D eigenvalue weighted by atomic mass is 9.98. The number of anilines is 6. The Morgan fingerprint density at radius 3 is 1.02 bits per heavy atom. The molecule has 0 atom stereocenters. The van der Waals surface area contributed by atoms with E-state index in [9.17, 15) is 0 Å². The molecule has 0 amide bonds. The van der Waals surface area contributed by atoms with Crippen LogP contribution in [0, 0.1) is 0 Å². The largest absolute Gasteiger partial charge is 0.309 e. The van der Waals surface area contributed by atoms with E-state index in [4.69, 9.17) is 0 Å². The van der Waals surface area contributed by atoms with E-state index >= 15 is 0 Å². The number of fused-ring (bicyclic) bond motifs is 15. The number of aromatic nitrogens is 2. The van der Waals surface area contributed by atoms with Gasteiger partial charge in [-0.15, -0.1) is 34.0 Å². The summed E-state index contributed by atoms with van der Waals surface area (Å²) in [7, 11) is 0. The molecule has 0 spiro atoms. The third-order valence-electron chi connectivity index (χ3n) is 21.6. The number of rotatable bonds is 12. The van der Waals surface area contributed by atoms with Crippen molar-refractivity contribution < 1.29 is 0 Å². The van der Waals surface area contributed by atoms with Crippen LogP contribution in [-0.4, -0.2) is 9.13 Å². The third kappa shape index (κ3) is 11.1.